The molecule has 2 aromatic carbocycles. The lowest BCUT2D eigenvalue weighted by atomic mass is 9.95. The lowest BCUT2D eigenvalue weighted by Crippen LogP contribution is -2.36. The summed E-state index contributed by atoms with van der Waals surface area (Å²) in [5, 5.41) is 10.5. The maximum Gasteiger partial charge on any atom is 0.410 e. The Morgan fingerprint density at radius 3 is 2.70 bits per heavy atom. The molecule has 12 heteroatoms. The summed E-state index contributed by atoms with van der Waals surface area (Å²) in [6.45, 7) is 7.28. The zero-order valence-electron chi connectivity index (χ0n) is 30.0. The van der Waals surface area contributed by atoms with E-state index in [0.29, 0.717) is 37.6 Å². The van der Waals surface area contributed by atoms with Crippen molar-refractivity contribution >= 4 is 46.3 Å². The summed E-state index contributed by atoms with van der Waals surface area (Å²) in [4.78, 5) is 37.7. The van der Waals surface area contributed by atoms with E-state index >= 15 is 0 Å². The van der Waals surface area contributed by atoms with Gasteiger partial charge in [0.25, 0.3) is 0 Å². The highest BCUT2D eigenvalue weighted by molar-refractivity contribution is 7.15. The second-order valence-electron chi connectivity index (χ2n) is 13.1. The van der Waals surface area contributed by atoms with Crippen LogP contribution in [0.3, 0.4) is 0 Å². The van der Waals surface area contributed by atoms with Crippen molar-refractivity contribution in [1.82, 2.24) is 24.6 Å². The van der Waals surface area contributed by atoms with Crippen LogP contribution in [0, 0.1) is 6.92 Å². The van der Waals surface area contributed by atoms with Crippen LogP contribution in [-0.2, 0) is 33.8 Å². The predicted molar refractivity (Wildman–Crippen MR) is 207 cm³/mol. The maximum atomic E-state index is 13.6. The van der Waals surface area contributed by atoms with E-state index in [1.165, 1.54) is 5.56 Å². The number of pyridine rings is 1. The Hall–Kier alpha value is -5.13. The van der Waals surface area contributed by atoms with Gasteiger partial charge in [-0.25, -0.2) is 4.79 Å². The van der Waals surface area contributed by atoms with Gasteiger partial charge in [-0.15, -0.1) is 21.5 Å². The number of carbonyl (C=O) groups excluding carboxylic acids is 2. The number of nitrogens with zero attached hydrogens (tertiary/aromatic N) is 6. The lowest BCUT2D eigenvalue weighted by molar-refractivity contribution is -0.143. The molecule has 0 saturated heterocycles. The Labute approximate surface area is 318 Å². The molecule has 5 aromatic rings. The molecular formula is C41H41ClN6O4S. The number of aliphatic imine (C=N–C) groups is 1. The van der Waals surface area contributed by atoms with Crippen LogP contribution >= 0.6 is 22.9 Å². The van der Waals surface area contributed by atoms with Gasteiger partial charge in [0.2, 0.25) is 0 Å². The van der Waals surface area contributed by atoms with Gasteiger partial charge in [-0.2, -0.15) is 0 Å². The molecule has 5 heterocycles. The van der Waals surface area contributed by atoms with Crippen LogP contribution in [0.1, 0.15) is 95.5 Å². The molecule has 3 aromatic heterocycles. The highest BCUT2D eigenvalue weighted by atomic mass is 35.5. The van der Waals surface area contributed by atoms with Gasteiger partial charge in [0.1, 0.15) is 23.5 Å². The number of aryl methyl sites for hydroxylation is 1. The molecule has 1 atom stereocenters. The summed E-state index contributed by atoms with van der Waals surface area (Å²) in [6, 6.07) is 19.6. The number of rotatable bonds is 11. The third-order valence-corrected chi connectivity index (χ3v) is 11.0. The number of aromatic nitrogens is 4. The Balaban J connectivity index is 1.07. The van der Waals surface area contributed by atoms with Gasteiger partial charge in [0.05, 0.1) is 18.9 Å². The highest BCUT2D eigenvalue weighted by Crippen LogP contribution is 2.42. The molecule has 7 rings (SSSR count). The van der Waals surface area contributed by atoms with Crippen molar-refractivity contribution in [3.05, 3.63) is 134 Å². The number of ether oxygens (including phenoxy) is 2. The number of fused-ring (bicyclic) bond motifs is 5. The third kappa shape index (κ3) is 7.82. The second-order valence-corrected chi connectivity index (χ2v) is 14.6. The van der Waals surface area contributed by atoms with E-state index in [9.17, 15) is 9.59 Å². The van der Waals surface area contributed by atoms with Crippen LogP contribution in [0.5, 0.6) is 0 Å². The minimum atomic E-state index is -0.357. The molecule has 2 aliphatic rings. The van der Waals surface area contributed by atoms with Gasteiger partial charge >= 0.3 is 12.1 Å². The second kappa shape index (κ2) is 16.3. The maximum absolute atomic E-state index is 13.6. The fourth-order valence-corrected chi connectivity index (χ4v) is 8.55. The van der Waals surface area contributed by atoms with E-state index in [1.54, 1.807) is 22.4 Å². The number of hydrogen-bond donors (Lipinski definition) is 0. The Kier molecular flexibility index (Phi) is 11.1. The number of carbonyl (C=O) groups is 2. The van der Waals surface area contributed by atoms with Crippen LogP contribution in [-0.4, -0.2) is 55.6 Å². The molecule has 0 spiro atoms. The zero-order chi connectivity index (χ0) is 36.9. The first kappa shape index (κ1) is 36.2. The molecule has 0 fully saturated rings. The summed E-state index contributed by atoms with van der Waals surface area (Å²) in [5.74, 6) is 1.41. The quantitative estimate of drug-likeness (QED) is 0.0980. The molecule has 1 unspecified atom stereocenters. The molecular weight excluding hydrogens is 708 g/mol. The first-order valence-electron chi connectivity index (χ1n) is 18.0. The molecule has 1 amide bonds. The molecule has 272 valence electrons. The molecule has 0 bridgehead atoms. The summed E-state index contributed by atoms with van der Waals surface area (Å²) < 4.78 is 13.1. The first-order chi connectivity index (χ1) is 25.8. The number of amides is 1. The van der Waals surface area contributed by atoms with Gasteiger partial charge in [-0.1, -0.05) is 60.1 Å². The minimum Gasteiger partial charge on any atom is -0.466 e. The first-order valence-corrected chi connectivity index (χ1v) is 19.2. The van der Waals surface area contributed by atoms with Crippen molar-refractivity contribution in [3.8, 4) is 5.00 Å². The fraction of sp³-hybridized carbons (Fsp3) is 0.317. The molecule has 0 radical (unpaired) electrons. The topological polar surface area (TPSA) is 112 Å². The van der Waals surface area contributed by atoms with Gasteiger partial charge in [-0.3, -0.25) is 19.3 Å². The lowest BCUT2D eigenvalue weighted by Gasteiger charge is -2.27. The average molecular weight is 749 g/mol. The van der Waals surface area contributed by atoms with E-state index in [4.69, 9.17) is 26.1 Å². The Morgan fingerprint density at radius 2 is 1.89 bits per heavy atom. The molecule has 10 nitrogen and oxygen atoms in total. The van der Waals surface area contributed by atoms with Gasteiger partial charge < -0.3 is 14.4 Å². The summed E-state index contributed by atoms with van der Waals surface area (Å²) in [6.07, 6.45) is 8.92. The number of hydrogen-bond acceptors (Lipinski definition) is 9. The van der Waals surface area contributed by atoms with E-state index in [2.05, 4.69) is 38.0 Å². The predicted octanol–water partition coefficient (Wildman–Crippen LogP) is 8.85. The standard InChI is InChI=1S/C41H41ClN6O4S/c1-4-51-36(49)18-7-5-6-15-31(30-14-11-20-43-23-30)29-13-10-12-28(22-29)25-52-41(50)47-21-19-33-35(24-47)53-40-37(33)38(32-16-8-9-17-34(32)42)44-26(2)39-46-45-27(3)48(39)40/h8-17,20,22-23,26H,4-7,18-19,21,24-25H2,1-3H3/b31-15-. The number of halogens is 1. The molecule has 2 aliphatic heterocycles. The summed E-state index contributed by atoms with van der Waals surface area (Å²) in [7, 11) is 0. The summed E-state index contributed by atoms with van der Waals surface area (Å²) >= 11 is 8.40. The van der Waals surface area contributed by atoms with Crippen molar-refractivity contribution in [2.24, 2.45) is 4.99 Å². The van der Waals surface area contributed by atoms with Gasteiger partial charge in [0.15, 0.2) is 5.82 Å². The molecule has 53 heavy (non-hydrogen) atoms. The number of allylic oxidation sites excluding steroid dienone is 1. The van der Waals surface area contributed by atoms with Crippen molar-refractivity contribution < 1.29 is 19.1 Å². The van der Waals surface area contributed by atoms with Crippen molar-refractivity contribution in [3.63, 3.8) is 0 Å². The number of esters is 1. The fourth-order valence-electron chi connectivity index (χ4n) is 6.90. The third-order valence-electron chi connectivity index (χ3n) is 9.47. The van der Waals surface area contributed by atoms with Crippen LogP contribution in [0.4, 0.5) is 4.79 Å². The number of benzene rings is 2. The van der Waals surface area contributed by atoms with E-state index in [-0.39, 0.29) is 24.7 Å². The summed E-state index contributed by atoms with van der Waals surface area (Å²) in [5.41, 5.74) is 7.86. The largest absolute Gasteiger partial charge is 0.466 e. The van der Waals surface area contributed by atoms with Crippen molar-refractivity contribution in [1.29, 1.82) is 0 Å². The minimum absolute atomic E-state index is 0.140. The van der Waals surface area contributed by atoms with Crippen LogP contribution in [0.2, 0.25) is 5.02 Å². The Bertz CT molecular complexity index is 2190. The molecule has 0 N–H and O–H groups in total. The Morgan fingerprint density at radius 1 is 1.04 bits per heavy atom. The number of unbranched alkanes of at least 4 members (excludes halogenated alkanes) is 2. The normalized spacial score (nSPS) is 15.2. The van der Waals surface area contributed by atoms with Gasteiger partial charge in [0, 0.05) is 51.9 Å². The van der Waals surface area contributed by atoms with Crippen LogP contribution < -0.4 is 0 Å². The van der Waals surface area contributed by atoms with Crippen LogP contribution in [0.15, 0.2) is 84.1 Å². The monoisotopic (exact) mass is 748 g/mol. The van der Waals surface area contributed by atoms with Crippen molar-refractivity contribution in [2.75, 3.05) is 13.2 Å². The highest BCUT2D eigenvalue weighted by Gasteiger charge is 2.35. The van der Waals surface area contributed by atoms with Crippen molar-refractivity contribution in [2.45, 2.75) is 72.1 Å². The zero-order valence-corrected chi connectivity index (χ0v) is 31.6. The van der Waals surface area contributed by atoms with E-state index < -0.39 is 0 Å². The SMILES string of the molecule is CCOC(=O)CCCC/C=C(\c1cccnc1)c1cccc(COC(=O)N2CCc3c(sc4c3C(c3ccccc3Cl)=NC(C)c3nnc(C)n3-4)C2)c1. The van der Waals surface area contributed by atoms with Gasteiger partial charge in [-0.05, 0) is 86.9 Å². The van der Waals surface area contributed by atoms with E-state index in [1.807, 2.05) is 75.5 Å². The number of thiophene rings is 1. The average Bonchev–Trinajstić information content (AvgIpc) is 3.71. The molecule has 0 saturated carbocycles. The smallest absolute Gasteiger partial charge is 0.410 e. The van der Waals surface area contributed by atoms with Crippen LogP contribution in [0.25, 0.3) is 10.6 Å². The molecule has 0 aliphatic carbocycles. The van der Waals surface area contributed by atoms with E-state index in [0.717, 1.165) is 79.9 Å².